The highest BCUT2D eigenvalue weighted by molar-refractivity contribution is 5.39. The summed E-state index contributed by atoms with van der Waals surface area (Å²) in [6.45, 7) is 2.08. The summed E-state index contributed by atoms with van der Waals surface area (Å²) in [5, 5.41) is 9.27. The van der Waals surface area contributed by atoms with Crippen LogP contribution in [0.3, 0.4) is 0 Å². The van der Waals surface area contributed by atoms with Crippen molar-refractivity contribution in [3.63, 3.8) is 0 Å². The smallest absolute Gasteiger partial charge is 0.302 e. The molecule has 0 bridgehead atoms. The molecule has 0 unspecified atom stereocenters. The second kappa shape index (κ2) is 3.16. The van der Waals surface area contributed by atoms with Gasteiger partial charge in [0.15, 0.2) is 0 Å². The van der Waals surface area contributed by atoms with Gasteiger partial charge in [-0.1, -0.05) is 0 Å². The minimum Gasteiger partial charge on any atom is -0.397 e. The van der Waals surface area contributed by atoms with Gasteiger partial charge < -0.3 is 10.8 Å². The maximum absolute atomic E-state index is 13.5. The molecule has 0 spiro atoms. The minimum absolute atomic E-state index is 0.145. The SMILES string of the molecule is CC(C)(O)C(F)(F)c1cncc(N)c1. The lowest BCUT2D eigenvalue weighted by Gasteiger charge is -2.28. The summed E-state index contributed by atoms with van der Waals surface area (Å²) >= 11 is 0. The van der Waals surface area contributed by atoms with Crippen molar-refractivity contribution < 1.29 is 13.9 Å². The van der Waals surface area contributed by atoms with E-state index in [1.54, 1.807) is 0 Å². The number of anilines is 1. The molecule has 0 fully saturated rings. The Hall–Kier alpha value is -1.23. The molecule has 0 atom stereocenters. The Morgan fingerprint density at radius 3 is 2.36 bits per heavy atom. The third-order valence-electron chi connectivity index (χ3n) is 1.89. The predicted octanol–water partition coefficient (Wildman–Crippen LogP) is 1.53. The van der Waals surface area contributed by atoms with E-state index in [0.29, 0.717) is 0 Å². The van der Waals surface area contributed by atoms with Gasteiger partial charge >= 0.3 is 5.92 Å². The lowest BCUT2D eigenvalue weighted by atomic mass is 9.94. The number of nitrogens with zero attached hydrogens (tertiary/aromatic N) is 1. The number of alkyl halides is 2. The molecule has 0 aliphatic heterocycles. The highest BCUT2D eigenvalue weighted by Gasteiger charge is 2.47. The van der Waals surface area contributed by atoms with Crippen LogP contribution in [-0.4, -0.2) is 15.7 Å². The number of nitrogens with two attached hydrogens (primary N) is 1. The van der Waals surface area contributed by atoms with Crippen molar-refractivity contribution in [3.05, 3.63) is 24.0 Å². The highest BCUT2D eigenvalue weighted by atomic mass is 19.3. The summed E-state index contributed by atoms with van der Waals surface area (Å²) in [5.74, 6) is -3.37. The molecule has 0 radical (unpaired) electrons. The van der Waals surface area contributed by atoms with E-state index in [4.69, 9.17) is 5.73 Å². The first-order valence-corrected chi connectivity index (χ1v) is 4.06. The molecule has 0 saturated carbocycles. The molecule has 1 heterocycles. The molecule has 0 saturated heterocycles. The molecule has 0 aromatic carbocycles. The maximum atomic E-state index is 13.5. The molecular formula is C9H12F2N2O. The molecule has 0 amide bonds. The summed E-state index contributed by atoms with van der Waals surface area (Å²) < 4.78 is 27.0. The number of aliphatic hydroxyl groups is 1. The van der Waals surface area contributed by atoms with E-state index in [1.165, 1.54) is 6.20 Å². The van der Waals surface area contributed by atoms with Crippen molar-refractivity contribution in [2.24, 2.45) is 0 Å². The van der Waals surface area contributed by atoms with Gasteiger partial charge in [-0.25, -0.2) is 0 Å². The summed E-state index contributed by atoms with van der Waals surface area (Å²) in [4.78, 5) is 3.55. The second-order valence-corrected chi connectivity index (χ2v) is 3.64. The monoisotopic (exact) mass is 202 g/mol. The predicted molar refractivity (Wildman–Crippen MR) is 48.8 cm³/mol. The van der Waals surface area contributed by atoms with Gasteiger partial charge in [0.1, 0.15) is 5.60 Å². The van der Waals surface area contributed by atoms with Crippen molar-refractivity contribution in [2.45, 2.75) is 25.4 Å². The molecule has 0 aliphatic carbocycles. The molecule has 14 heavy (non-hydrogen) atoms. The summed E-state index contributed by atoms with van der Waals surface area (Å²) in [6, 6.07) is 1.10. The Kier molecular flexibility index (Phi) is 2.45. The topological polar surface area (TPSA) is 59.1 Å². The second-order valence-electron chi connectivity index (χ2n) is 3.64. The largest absolute Gasteiger partial charge is 0.397 e. The van der Waals surface area contributed by atoms with Gasteiger partial charge in [-0.15, -0.1) is 0 Å². The van der Waals surface area contributed by atoms with Crippen LogP contribution < -0.4 is 5.73 Å². The van der Waals surface area contributed by atoms with Crippen LogP contribution in [-0.2, 0) is 5.92 Å². The zero-order valence-corrected chi connectivity index (χ0v) is 7.96. The van der Waals surface area contributed by atoms with Crippen LogP contribution in [0.5, 0.6) is 0 Å². The minimum atomic E-state index is -3.37. The number of rotatable bonds is 2. The van der Waals surface area contributed by atoms with E-state index >= 15 is 0 Å². The van der Waals surface area contributed by atoms with Crippen LogP contribution in [0.4, 0.5) is 14.5 Å². The van der Waals surface area contributed by atoms with E-state index in [1.807, 2.05) is 0 Å². The first-order valence-electron chi connectivity index (χ1n) is 4.06. The molecule has 5 heteroatoms. The van der Waals surface area contributed by atoms with E-state index in [0.717, 1.165) is 26.1 Å². The fraction of sp³-hybridized carbons (Fsp3) is 0.444. The molecule has 0 aliphatic rings. The van der Waals surface area contributed by atoms with Gasteiger partial charge in [0.05, 0.1) is 5.69 Å². The number of hydrogen-bond donors (Lipinski definition) is 2. The highest BCUT2D eigenvalue weighted by Crippen LogP contribution is 2.38. The van der Waals surface area contributed by atoms with Gasteiger partial charge in [0.2, 0.25) is 0 Å². The van der Waals surface area contributed by atoms with Gasteiger partial charge in [0.25, 0.3) is 0 Å². The Balaban J connectivity index is 3.16. The number of nitrogen functional groups attached to an aromatic ring is 1. The van der Waals surface area contributed by atoms with Gasteiger partial charge in [-0.05, 0) is 19.9 Å². The average molecular weight is 202 g/mol. The van der Waals surface area contributed by atoms with Crippen LogP contribution in [0.25, 0.3) is 0 Å². The van der Waals surface area contributed by atoms with Crippen LogP contribution in [0.1, 0.15) is 19.4 Å². The first-order chi connectivity index (χ1) is 6.25. The van der Waals surface area contributed by atoms with Gasteiger partial charge in [-0.3, -0.25) is 4.98 Å². The number of pyridine rings is 1. The third-order valence-corrected chi connectivity index (χ3v) is 1.89. The number of hydrogen-bond acceptors (Lipinski definition) is 3. The van der Waals surface area contributed by atoms with Gasteiger partial charge in [-0.2, -0.15) is 8.78 Å². The zero-order valence-electron chi connectivity index (χ0n) is 7.96. The maximum Gasteiger partial charge on any atom is 0.302 e. The van der Waals surface area contributed by atoms with Crippen LogP contribution in [0.2, 0.25) is 0 Å². The van der Waals surface area contributed by atoms with Crippen molar-refractivity contribution in [1.82, 2.24) is 4.98 Å². The van der Waals surface area contributed by atoms with Crippen molar-refractivity contribution in [1.29, 1.82) is 0 Å². The molecule has 1 aromatic rings. The normalized spacial score (nSPS) is 12.9. The molecular weight excluding hydrogens is 190 g/mol. The van der Waals surface area contributed by atoms with Crippen molar-refractivity contribution in [3.8, 4) is 0 Å². The fourth-order valence-corrected chi connectivity index (χ4v) is 0.983. The van der Waals surface area contributed by atoms with E-state index < -0.39 is 11.5 Å². The van der Waals surface area contributed by atoms with Crippen molar-refractivity contribution in [2.75, 3.05) is 5.73 Å². The molecule has 78 valence electrons. The fourth-order valence-electron chi connectivity index (χ4n) is 0.983. The van der Waals surface area contributed by atoms with Crippen LogP contribution in [0.15, 0.2) is 18.5 Å². The quantitative estimate of drug-likeness (QED) is 0.764. The Labute approximate surface area is 80.6 Å². The molecule has 3 N–H and O–H groups in total. The summed E-state index contributed by atoms with van der Waals surface area (Å²) in [6.07, 6.45) is 2.26. The van der Waals surface area contributed by atoms with E-state index in [-0.39, 0.29) is 11.3 Å². The number of halogens is 2. The first kappa shape index (κ1) is 10.8. The van der Waals surface area contributed by atoms with Crippen molar-refractivity contribution >= 4 is 5.69 Å². The Morgan fingerprint density at radius 2 is 1.93 bits per heavy atom. The average Bonchev–Trinajstić information content (AvgIpc) is 2.02. The van der Waals surface area contributed by atoms with E-state index in [9.17, 15) is 13.9 Å². The van der Waals surface area contributed by atoms with E-state index in [2.05, 4.69) is 4.98 Å². The summed E-state index contributed by atoms with van der Waals surface area (Å²) in [7, 11) is 0. The molecule has 1 aromatic heterocycles. The van der Waals surface area contributed by atoms with Crippen LogP contribution in [0, 0.1) is 0 Å². The summed E-state index contributed by atoms with van der Waals surface area (Å²) in [5.41, 5.74) is 2.95. The zero-order chi connectivity index (χ0) is 11.0. The van der Waals surface area contributed by atoms with Crippen LogP contribution >= 0.6 is 0 Å². The lowest BCUT2D eigenvalue weighted by molar-refractivity contribution is -0.168. The standard InChI is InChI=1S/C9H12F2N2O/c1-8(2,14)9(10,11)6-3-7(12)5-13-4-6/h3-5,14H,12H2,1-2H3. The lowest BCUT2D eigenvalue weighted by Crippen LogP contribution is -2.40. The Bertz CT molecular complexity index is 334. The third kappa shape index (κ3) is 1.82. The molecule has 1 rings (SSSR count). The Morgan fingerprint density at radius 1 is 1.36 bits per heavy atom. The number of aromatic nitrogens is 1. The van der Waals surface area contributed by atoms with Gasteiger partial charge in [0, 0.05) is 18.0 Å². The molecule has 3 nitrogen and oxygen atoms in total.